The van der Waals surface area contributed by atoms with Crippen LogP contribution in [0.3, 0.4) is 0 Å². The minimum absolute atomic E-state index is 0.0263. The predicted octanol–water partition coefficient (Wildman–Crippen LogP) is 17.0. The van der Waals surface area contributed by atoms with Crippen LogP contribution in [-0.4, -0.2) is 34.9 Å². The summed E-state index contributed by atoms with van der Waals surface area (Å²) >= 11 is 0. The van der Waals surface area contributed by atoms with Crippen molar-refractivity contribution in [3.63, 3.8) is 0 Å². The molecule has 0 bridgehead atoms. The van der Waals surface area contributed by atoms with E-state index >= 15 is 0 Å². The molecular weight excluding hydrogens is 699 g/mol. The number of hydrogen-bond donors (Lipinski definition) is 3. The van der Waals surface area contributed by atoms with Crippen LogP contribution in [0.5, 0.6) is 0 Å². The number of nitrogens with one attached hydrogen (secondary N) is 1. The minimum atomic E-state index is -0.656. The lowest BCUT2D eigenvalue weighted by Gasteiger charge is -2.22. The van der Waals surface area contributed by atoms with E-state index in [4.69, 9.17) is 0 Å². The van der Waals surface area contributed by atoms with Crippen molar-refractivity contribution in [1.82, 2.24) is 5.32 Å². The first-order chi connectivity index (χ1) is 28.2. The monoisotopic (exact) mass is 804 g/mol. The van der Waals surface area contributed by atoms with Gasteiger partial charge < -0.3 is 15.5 Å². The molecular formula is C53H105NO3. The molecule has 0 rings (SSSR count). The van der Waals surface area contributed by atoms with Crippen LogP contribution in [0.15, 0.2) is 12.2 Å². The molecule has 0 radical (unpaired) electrons. The normalized spacial score (nSPS) is 12.8. The van der Waals surface area contributed by atoms with Gasteiger partial charge in [-0.15, -0.1) is 0 Å². The summed E-state index contributed by atoms with van der Waals surface area (Å²) < 4.78 is 0. The quantitative estimate of drug-likeness (QED) is 0.0424. The van der Waals surface area contributed by atoms with Crippen LogP contribution in [0.4, 0.5) is 0 Å². The Morgan fingerprint density at radius 1 is 0.404 bits per heavy atom. The highest BCUT2D eigenvalue weighted by Crippen LogP contribution is 2.17. The second-order valence-electron chi connectivity index (χ2n) is 18.3. The number of rotatable bonds is 49. The summed E-state index contributed by atoms with van der Waals surface area (Å²) in [5.41, 5.74) is 0. The molecule has 340 valence electrons. The highest BCUT2D eigenvalue weighted by atomic mass is 16.3. The molecule has 0 aliphatic rings. The van der Waals surface area contributed by atoms with Gasteiger partial charge in [-0.1, -0.05) is 270 Å². The first-order valence-electron chi connectivity index (χ1n) is 26.4. The second kappa shape index (κ2) is 49.5. The maximum atomic E-state index is 12.5. The van der Waals surface area contributed by atoms with Crippen LogP contribution >= 0.6 is 0 Å². The third kappa shape index (κ3) is 46.1. The topological polar surface area (TPSA) is 69.6 Å². The van der Waals surface area contributed by atoms with E-state index in [1.54, 1.807) is 0 Å². The zero-order chi connectivity index (χ0) is 41.4. The number of amides is 1. The number of allylic oxidation sites excluding steroid dienone is 2. The lowest BCUT2D eigenvalue weighted by Crippen LogP contribution is -2.45. The summed E-state index contributed by atoms with van der Waals surface area (Å²) in [4.78, 5) is 12.5. The Kier molecular flexibility index (Phi) is 48.7. The van der Waals surface area contributed by atoms with E-state index in [0.29, 0.717) is 12.8 Å². The summed E-state index contributed by atoms with van der Waals surface area (Å²) in [5.74, 6) is -0.0263. The number of unbranched alkanes of at least 4 members (excludes halogenated alkanes) is 40. The minimum Gasteiger partial charge on any atom is -0.394 e. The Morgan fingerprint density at radius 2 is 0.667 bits per heavy atom. The van der Waals surface area contributed by atoms with Crippen LogP contribution < -0.4 is 5.32 Å². The summed E-state index contributed by atoms with van der Waals surface area (Å²) in [6.07, 6.45) is 63.3. The summed E-state index contributed by atoms with van der Waals surface area (Å²) in [6.45, 7) is 4.39. The summed E-state index contributed by atoms with van der Waals surface area (Å²) in [5, 5.41) is 23.3. The van der Waals surface area contributed by atoms with Crippen LogP contribution in [-0.2, 0) is 4.79 Å². The Bertz CT molecular complexity index is 784. The largest absolute Gasteiger partial charge is 0.394 e. The van der Waals surface area contributed by atoms with E-state index in [0.717, 1.165) is 25.7 Å². The molecule has 0 aromatic rings. The van der Waals surface area contributed by atoms with Gasteiger partial charge in [-0.05, 0) is 38.5 Å². The van der Waals surface area contributed by atoms with Gasteiger partial charge in [0.15, 0.2) is 0 Å². The maximum absolute atomic E-state index is 12.5. The second-order valence-corrected chi connectivity index (χ2v) is 18.3. The van der Waals surface area contributed by atoms with E-state index in [1.165, 1.54) is 250 Å². The first kappa shape index (κ1) is 56.1. The lowest BCUT2D eigenvalue weighted by atomic mass is 10.0. The van der Waals surface area contributed by atoms with E-state index in [2.05, 4.69) is 31.3 Å². The third-order valence-corrected chi connectivity index (χ3v) is 12.5. The average molecular weight is 804 g/mol. The molecule has 3 N–H and O–H groups in total. The van der Waals surface area contributed by atoms with Crippen LogP contribution in [0.25, 0.3) is 0 Å². The molecule has 2 unspecified atom stereocenters. The predicted molar refractivity (Wildman–Crippen MR) is 253 cm³/mol. The molecule has 0 fully saturated rings. The van der Waals surface area contributed by atoms with Crippen molar-refractivity contribution in [3.05, 3.63) is 12.2 Å². The van der Waals surface area contributed by atoms with Gasteiger partial charge in [0, 0.05) is 6.42 Å². The molecule has 0 aromatic heterocycles. The Hall–Kier alpha value is -0.870. The van der Waals surface area contributed by atoms with Crippen molar-refractivity contribution in [2.75, 3.05) is 6.61 Å². The highest BCUT2D eigenvalue weighted by Gasteiger charge is 2.20. The van der Waals surface area contributed by atoms with E-state index in [-0.39, 0.29) is 12.5 Å². The van der Waals surface area contributed by atoms with Gasteiger partial charge in [-0.25, -0.2) is 0 Å². The first-order valence-corrected chi connectivity index (χ1v) is 26.4. The molecule has 0 aliphatic heterocycles. The van der Waals surface area contributed by atoms with Crippen molar-refractivity contribution in [3.8, 4) is 0 Å². The summed E-state index contributed by atoms with van der Waals surface area (Å²) in [6, 6.07) is -0.533. The van der Waals surface area contributed by atoms with E-state index in [9.17, 15) is 15.0 Å². The fraction of sp³-hybridized carbons (Fsp3) is 0.943. The zero-order valence-electron chi connectivity index (χ0n) is 39.1. The van der Waals surface area contributed by atoms with Crippen LogP contribution in [0.1, 0.15) is 303 Å². The van der Waals surface area contributed by atoms with Crippen molar-refractivity contribution < 1.29 is 15.0 Å². The van der Waals surface area contributed by atoms with Gasteiger partial charge in [0.25, 0.3) is 0 Å². The fourth-order valence-electron chi connectivity index (χ4n) is 8.48. The van der Waals surface area contributed by atoms with Crippen LogP contribution in [0.2, 0.25) is 0 Å². The van der Waals surface area contributed by atoms with Crippen molar-refractivity contribution >= 4 is 5.91 Å². The standard InChI is InChI=1S/C53H105NO3/c1-3-5-7-9-11-13-15-17-19-21-22-23-24-25-26-27-28-29-30-31-32-33-35-37-39-41-43-45-47-49-53(57)54-51(50-55)52(56)48-46-44-42-40-38-36-34-20-18-16-14-12-10-8-6-4-2/h25-26,51-52,55-56H,3-24,27-50H2,1-2H3,(H,54,57)/b26-25-. The number of aliphatic hydroxyl groups is 2. The molecule has 0 aromatic carbocycles. The molecule has 2 atom stereocenters. The van der Waals surface area contributed by atoms with E-state index < -0.39 is 12.1 Å². The van der Waals surface area contributed by atoms with Gasteiger partial charge >= 0.3 is 0 Å². The Labute approximate surface area is 358 Å². The van der Waals surface area contributed by atoms with Gasteiger partial charge in [0.1, 0.15) is 0 Å². The molecule has 4 nitrogen and oxygen atoms in total. The molecule has 4 heteroatoms. The number of carbonyl (C=O) groups is 1. The number of hydrogen-bond acceptors (Lipinski definition) is 3. The van der Waals surface area contributed by atoms with E-state index in [1.807, 2.05) is 0 Å². The zero-order valence-corrected chi connectivity index (χ0v) is 39.1. The van der Waals surface area contributed by atoms with Crippen molar-refractivity contribution in [1.29, 1.82) is 0 Å². The summed E-state index contributed by atoms with van der Waals surface area (Å²) in [7, 11) is 0. The SMILES string of the molecule is CCCCCCCCCCCCCC/C=C\CCCCCCCCCCCCCCCC(=O)NC(CO)C(O)CCCCCCCCCCCCCCCCCC. The number of aliphatic hydroxyl groups excluding tert-OH is 2. The van der Waals surface area contributed by atoms with Crippen molar-refractivity contribution in [2.24, 2.45) is 0 Å². The lowest BCUT2D eigenvalue weighted by molar-refractivity contribution is -0.123. The molecule has 57 heavy (non-hydrogen) atoms. The molecule has 0 spiro atoms. The smallest absolute Gasteiger partial charge is 0.220 e. The molecule has 0 aliphatic carbocycles. The third-order valence-electron chi connectivity index (χ3n) is 12.5. The average Bonchev–Trinajstić information content (AvgIpc) is 3.22. The molecule has 1 amide bonds. The fourth-order valence-corrected chi connectivity index (χ4v) is 8.48. The van der Waals surface area contributed by atoms with Gasteiger partial charge in [-0.2, -0.15) is 0 Å². The Morgan fingerprint density at radius 3 is 0.965 bits per heavy atom. The van der Waals surface area contributed by atoms with Gasteiger partial charge in [0.05, 0.1) is 18.8 Å². The van der Waals surface area contributed by atoms with Gasteiger partial charge in [-0.3, -0.25) is 4.79 Å². The van der Waals surface area contributed by atoms with Crippen LogP contribution in [0, 0.1) is 0 Å². The van der Waals surface area contributed by atoms with Gasteiger partial charge in [0.2, 0.25) is 5.91 Å². The Balaban J connectivity index is 3.42. The maximum Gasteiger partial charge on any atom is 0.220 e. The molecule has 0 saturated heterocycles. The molecule has 0 saturated carbocycles. The van der Waals surface area contributed by atoms with Crippen molar-refractivity contribution in [2.45, 2.75) is 315 Å². The molecule has 0 heterocycles. The highest BCUT2D eigenvalue weighted by molar-refractivity contribution is 5.76. The number of carbonyl (C=O) groups excluding carboxylic acids is 1.